The van der Waals surface area contributed by atoms with Crippen molar-refractivity contribution in [2.75, 3.05) is 0 Å². The van der Waals surface area contributed by atoms with Crippen molar-refractivity contribution in [2.45, 2.75) is 27.0 Å². The molecule has 0 saturated heterocycles. The number of Topliss-reactive ketones (excluding diaryl/α,β-unsaturated/α-hetero) is 1. The third-order valence-electron chi connectivity index (χ3n) is 3.93. The van der Waals surface area contributed by atoms with Gasteiger partial charge in [0, 0.05) is 29.1 Å². The quantitative estimate of drug-likeness (QED) is 0.313. The minimum absolute atomic E-state index is 0.0971. The van der Waals surface area contributed by atoms with E-state index >= 15 is 0 Å². The summed E-state index contributed by atoms with van der Waals surface area (Å²) in [5.74, 6) is -0.567. The third kappa shape index (κ3) is 4.06. The first-order valence-electron chi connectivity index (χ1n) is 7.87. The highest BCUT2D eigenvalue weighted by molar-refractivity contribution is 6.14. The van der Waals surface area contributed by atoms with Crippen LogP contribution >= 0.6 is 0 Å². The number of allylic oxidation sites excluding steroid dienone is 2. The van der Waals surface area contributed by atoms with E-state index in [1.54, 1.807) is 25.1 Å². The van der Waals surface area contributed by atoms with Gasteiger partial charge in [-0.15, -0.1) is 6.58 Å². The number of ketones is 1. The molecule has 0 atom stereocenters. The number of nitrogens with zero attached hydrogens (tertiary/aromatic N) is 2. The van der Waals surface area contributed by atoms with Crippen LogP contribution in [0.25, 0.3) is 6.08 Å². The molecule has 4 nitrogen and oxygen atoms in total. The Hall–Kier alpha value is -3.20. The van der Waals surface area contributed by atoms with Gasteiger partial charge in [-0.1, -0.05) is 24.3 Å². The molecule has 2 rings (SSSR count). The van der Waals surface area contributed by atoms with Gasteiger partial charge in [0.25, 0.3) is 0 Å². The topological polar surface area (TPSA) is 55.0 Å². The summed E-state index contributed by atoms with van der Waals surface area (Å²) in [5, 5.41) is 9.41. The number of alkyl halides is 2. The fraction of sp³-hybridized carbons (Fsp3) is 0.200. The largest absolute Gasteiger partial charge is 0.434 e. The molecule has 0 aliphatic rings. The van der Waals surface area contributed by atoms with Crippen molar-refractivity contribution in [1.29, 1.82) is 5.26 Å². The molecule has 0 aliphatic carbocycles. The Kier molecular flexibility index (Phi) is 6.07. The Bertz CT molecular complexity index is 905. The Morgan fingerprint density at radius 3 is 2.69 bits per heavy atom. The smallest absolute Gasteiger partial charge is 0.387 e. The molecule has 1 aromatic heterocycles. The van der Waals surface area contributed by atoms with Gasteiger partial charge < -0.3 is 9.30 Å². The normalized spacial score (nSPS) is 11.3. The van der Waals surface area contributed by atoms with Crippen molar-refractivity contribution in [1.82, 2.24) is 4.57 Å². The lowest BCUT2D eigenvalue weighted by atomic mass is 10.0. The molecule has 0 saturated carbocycles. The van der Waals surface area contributed by atoms with Crippen LogP contribution in [0, 0.1) is 25.2 Å². The molecule has 0 aliphatic heterocycles. The number of hydrogen-bond acceptors (Lipinski definition) is 3. The van der Waals surface area contributed by atoms with Crippen LogP contribution < -0.4 is 4.74 Å². The van der Waals surface area contributed by atoms with Crippen molar-refractivity contribution >= 4 is 11.9 Å². The number of aryl methyl sites for hydroxylation is 1. The first-order valence-corrected chi connectivity index (χ1v) is 7.87. The van der Waals surface area contributed by atoms with Crippen molar-refractivity contribution in [3.63, 3.8) is 0 Å². The number of carbonyl (C=O) groups excluding carboxylic acids is 1. The van der Waals surface area contributed by atoms with Crippen molar-refractivity contribution in [3.8, 4) is 11.8 Å². The zero-order valence-electron chi connectivity index (χ0n) is 14.5. The van der Waals surface area contributed by atoms with Crippen LogP contribution in [0.15, 0.2) is 48.6 Å². The SMILES string of the molecule is C=CCn1c(C)cc(C(=O)/C(C#N)=C/c2ccccc2OC(F)F)c1C. The van der Waals surface area contributed by atoms with Gasteiger partial charge in [-0.05, 0) is 32.1 Å². The molecular formula is C20H18F2N2O2. The maximum Gasteiger partial charge on any atom is 0.387 e. The van der Waals surface area contributed by atoms with Crippen LogP contribution in [0.5, 0.6) is 5.75 Å². The van der Waals surface area contributed by atoms with Crippen LogP contribution in [0.2, 0.25) is 0 Å². The fourth-order valence-electron chi connectivity index (χ4n) is 2.69. The maximum absolute atomic E-state index is 12.8. The summed E-state index contributed by atoms with van der Waals surface area (Å²) < 4.78 is 31.4. The molecule has 26 heavy (non-hydrogen) atoms. The Labute approximate surface area is 150 Å². The van der Waals surface area contributed by atoms with E-state index in [2.05, 4.69) is 11.3 Å². The van der Waals surface area contributed by atoms with E-state index in [4.69, 9.17) is 0 Å². The predicted molar refractivity (Wildman–Crippen MR) is 95.1 cm³/mol. The molecule has 0 fully saturated rings. The van der Waals surface area contributed by atoms with E-state index in [0.29, 0.717) is 17.8 Å². The Morgan fingerprint density at radius 1 is 1.38 bits per heavy atom. The van der Waals surface area contributed by atoms with Gasteiger partial charge in [0.1, 0.15) is 17.4 Å². The number of hydrogen-bond donors (Lipinski definition) is 0. The molecule has 0 bridgehead atoms. The molecular weight excluding hydrogens is 338 g/mol. The fourth-order valence-corrected chi connectivity index (χ4v) is 2.69. The summed E-state index contributed by atoms with van der Waals surface area (Å²) in [6.45, 7) is 4.87. The highest BCUT2D eigenvalue weighted by Gasteiger charge is 2.19. The van der Waals surface area contributed by atoms with E-state index in [1.807, 2.05) is 17.6 Å². The predicted octanol–water partition coefficient (Wildman–Crippen LogP) is 4.68. The zero-order chi connectivity index (χ0) is 19.3. The first-order chi connectivity index (χ1) is 12.4. The minimum atomic E-state index is -3.00. The van der Waals surface area contributed by atoms with Gasteiger partial charge in [-0.2, -0.15) is 14.0 Å². The van der Waals surface area contributed by atoms with Gasteiger partial charge in [-0.3, -0.25) is 4.79 Å². The summed E-state index contributed by atoms with van der Waals surface area (Å²) in [7, 11) is 0. The van der Waals surface area contributed by atoms with Gasteiger partial charge in [0.15, 0.2) is 0 Å². The Morgan fingerprint density at radius 2 is 2.08 bits per heavy atom. The van der Waals surface area contributed by atoms with Crippen molar-refractivity contribution in [3.05, 3.63) is 71.1 Å². The number of carbonyl (C=O) groups is 1. The highest BCUT2D eigenvalue weighted by atomic mass is 19.3. The number of halogens is 2. The monoisotopic (exact) mass is 356 g/mol. The van der Waals surface area contributed by atoms with E-state index in [0.717, 1.165) is 5.69 Å². The van der Waals surface area contributed by atoms with E-state index in [-0.39, 0.29) is 16.9 Å². The van der Waals surface area contributed by atoms with Gasteiger partial charge >= 0.3 is 6.61 Å². The van der Waals surface area contributed by atoms with Crippen LogP contribution in [0.4, 0.5) is 8.78 Å². The van der Waals surface area contributed by atoms with Crippen LogP contribution in [0.3, 0.4) is 0 Å². The lowest BCUT2D eigenvalue weighted by Crippen LogP contribution is -2.06. The summed E-state index contributed by atoms with van der Waals surface area (Å²) in [6.07, 6.45) is 2.98. The standard InChI is InChI=1S/C20H18F2N2O2/c1-4-9-24-13(2)10-17(14(24)3)19(25)16(12-23)11-15-7-5-6-8-18(15)26-20(21)22/h4-8,10-11,20H,1,9H2,2-3H3/b16-11+. The third-order valence-corrected chi connectivity index (χ3v) is 3.93. The van der Waals surface area contributed by atoms with E-state index < -0.39 is 12.4 Å². The summed E-state index contributed by atoms with van der Waals surface area (Å²) >= 11 is 0. The van der Waals surface area contributed by atoms with Crippen LogP contribution in [0.1, 0.15) is 27.3 Å². The molecule has 6 heteroatoms. The molecule has 0 spiro atoms. The van der Waals surface area contributed by atoms with Crippen molar-refractivity contribution in [2.24, 2.45) is 0 Å². The molecule has 0 N–H and O–H groups in total. The first kappa shape index (κ1) is 19.1. The lowest BCUT2D eigenvalue weighted by molar-refractivity contribution is -0.0499. The number of para-hydroxylation sites is 1. The average Bonchev–Trinajstić information content (AvgIpc) is 2.88. The van der Waals surface area contributed by atoms with Gasteiger partial charge in [-0.25, -0.2) is 0 Å². The molecule has 1 aromatic carbocycles. The van der Waals surface area contributed by atoms with Crippen LogP contribution in [-0.2, 0) is 6.54 Å². The Balaban J connectivity index is 2.45. The van der Waals surface area contributed by atoms with Crippen LogP contribution in [-0.4, -0.2) is 17.0 Å². The number of benzene rings is 1. The maximum atomic E-state index is 12.8. The minimum Gasteiger partial charge on any atom is -0.434 e. The van der Waals surface area contributed by atoms with E-state index in [1.165, 1.54) is 24.3 Å². The van der Waals surface area contributed by atoms with E-state index in [9.17, 15) is 18.8 Å². The number of nitriles is 1. The van der Waals surface area contributed by atoms with Crippen molar-refractivity contribution < 1.29 is 18.3 Å². The second kappa shape index (κ2) is 8.26. The zero-order valence-corrected chi connectivity index (χ0v) is 14.5. The lowest BCUT2D eigenvalue weighted by Gasteiger charge is -2.08. The molecule has 0 radical (unpaired) electrons. The molecule has 134 valence electrons. The summed E-state index contributed by atoms with van der Waals surface area (Å²) in [4.78, 5) is 12.8. The molecule has 1 heterocycles. The average molecular weight is 356 g/mol. The second-order valence-corrected chi connectivity index (χ2v) is 5.60. The molecule has 0 unspecified atom stereocenters. The number of rotatable bonds is 7. The summed E-state index contributed by atoms with van der Waals surface area (Å²) in [5.41, 5.74) is 2.05. The number of ether oxygens (including phenoxy) is 1. The van der Waals surface area contributed by atoms with Gasteiger partial charge in [0.2, 0.25) is 5.78 Å². The number of aromatic nitrogens is 1. The highest BCUT2D eigenvalue weighted by Crippen LogP contribution is 2.25. The van der Waals surface area contributed by atoms with Gasteiger partial charge in [0.05, 0.1) is 0 Å². The molecule has 0 amide bonds. The molecule has 2 aromatic rings. The summed E-state index contributed by atoms with van der Waals surface area (Å²) in [6, 6.07) is 9.56. The second-order valence-electron chi connectivity index (χ2n) is 5.60.